The van der Waals surface area contributed by atoms with Crippen LogP contribution in [0.25, 0.3) is 0 Å². The fraction of sp³-hybridized carbons (Fsp3) is 0.889. The molecule has 0 aliphatic carbocycles. The number of esters is 1. The highest BCUT2D eigenvalue weighted by Crippen LogP contribution is 2.26. The van der Waals surface area contributed by atoms with Crippen molar-refractivity contribution in [1.82, 2.24) is 0 Å². The Morgan fingerprint density at radius 3 is 2.33 bits per heavy atom. The van der Waals surface area contributed by atoms with Crippen LogP contribution < -0.4 is 5.73 Å². The summed E-state index contributed by atoms with van der Waals surface area (Å²) >= 11 is 0. The number of nitrogens with two attached hydrogens (primary N) is 1. The standard InChI is InChI=1S/C9H19NO2/c1-5-12-8(11)9(4,6-10)7(2)3/h7H,5-6,10H2,1-4H3. The molecule has 0 rings (SSSR count). The van der Waals surface area contributed by atoms with E-state index in [2.05, 4.69) is 0 Å². The van der Waals surface area contributed by atoms with Gasteiger partial charge in [0.15, 0.2) is 0 Å². The maximum atomic E-state index is 11.4. The molecular formula is C9H19NO2. The van der Waals surface area contributed by atoms with Crippen LogP contribution in [0.3, 0.4) is 0 Å². The minimum Gasteiger partial charge on any atom is -0.466 e. The molecule has 0 spiro atoms. The fourth-order valence-electron chi connectivity index (χ4n) is 0.851. The highest BCUT2D eigenvalue weighted by Gasteiger charge is 2.36. The Hall–Kier alpha value is -0.570. The number of ether oxygens (including phenoxy) is 1. The fourth-order valence-corrected chi connectivity index (χ4v) is 0.851. The lowest BCUT2D eigenvalue weighted by Gasteiger charge is -2.29. The molecule has 0 saturated carbocycles. The maximum Gasteiger partial charge on any atom is 0.313 e. The predicted octanol–water partition coefficient (Wildman–Crippen LogP) is 1.17. The molecule has 0 aliphatic heterocycles. The van der Waals surface area contributed by atoms with E-state index in [1.165, 1.54) is 0 Å². The van der Waals surface area contributed by atoms with E-state index in [9.17, 15) is 4.79 Å². The number of rotatable bonds is 4. The van der Waals surface area contributed by atoms with Gasteiger partial charge >= 0.3 is 5.97 Å². The van der Waals surface area contributed by atoms with Gasteiger partial charge in [-0.25, -0.2) is 0 Å². The normalized spacial score (nSPS) is 15.8. The number of hydrogen-bond acceptors (Lipinski definition) is 3. The van der Waals surface area contributed by atoms with Crippen molar-refractivity contribution in [3.8, 4) is 0 Å². The maximum absolute atomic E-state index is 11.4. The molecule has 0 saturated heterocycles. The molecule has 0 aromatic rings. The molecule has 0 aromatic heterocycles. The van der Waals surface area contributed by atoms with Gasteiger partial charge in [0.1, 0.15) is 0 Å². The van der Waals surface area contributed by atoms with Gasteiger partial charge in [0.05, 0.1) is 12.0 Å². The average Bonchev–Trinajstić information content (AvgIpc) is 2.03. The van der Waals surface area contributed by atoms with E-state index in [1.54, 1.807) is 6.92 Å². The third-order valence-electron chi connectivity index (χ3n) is 2.44. The summed E-state index contributed by atoms with van der Waals surface area (Å²) in [5.74, 6) is 0.0176. The lowest BCUT2D eigenvalue weighted by molar-refractivity contribution is -0.156. The van der Waals surface area contributed by atoms with Gasteiger partial charge in [0.25, 0.3) is 0 Å². The molecule has 0 fully saturated rings. The first-order valence-electron chi connectivity index (χ1n) is 4.36. The van der Waals surface area contributed by atoms with Gasteiger partial charge in [-0.1, -0.05) is 13.8 Å². The van der Waals surface area contributed by atoms with E-state index in [1.807, 2.05) is 20.8 Å². The van der Waals surface area contributed by atoms with E-state index < -0.39 is 5.41 Å². The van der Waals surface area contributed by atoms with Crippen molar-refractivity contribution in [1.29, 1.82) is 0 Å². The first-order chi connectivity index (χ1) is 5.49. The van der Waals surface area contributed by atoms with Gasteiger partial charge in [-0.05, 0) is 19.8 Å². The Kier molecular flexibility index (Phi) is 4.24. The SMILES string of the molecule is CCOC(=O)C(C)(CN)C(C)C. The van der Waals surface area contributed by atoms with Crippen LogP contribution in [-0.2, 0) is 9.53 Å². The topological polar surface area (TPSA) is 52.3 Å². The van der Waals surface area contributed by atoms with Crippen LogP contribution in [0.5, 0.6) is 0 Å². The first-order valence-corrected chi connectivity index (χ1v) is 4.36. The molecule has 0 radical (unpaired) electrons. The molecular weight excluding hydrogens is 154 g/mol. The molecule has 0 heterocycles. The highest BCUT2D eigenvalue weighted by atomic mass is 16.5. The van der Waals surface area contributed by atoms with Crippen molar-refractivity contribution >= 4 is 5.97 Å². The number of carbonyl (C=O) groups excluding carboxylic acids is 1. The monoisotopic (exact) mass is 173 g/mol. The molecule has 0 bridgehead atoms. The molecule has 0 aromatic carbocycles. The molecule has 72 valence electrons. The Balaban J connectivity index is 4.40. The van der Waals surface area contributed by atoms with Crippen molar-refractivity contribution in [2.75, 3.05) is 13.2 Å². The molecule has 0 amide bonds. The number of carbonyl (C=O) groups is 1. The zero-order valence-electron chi connectivity index (χ0n) is 8.39. The summed E-state index contributed by atoms with van der Waals surface area (Å²) in [5, 5.41) is 0. The molecule has 2 N–H and O–H groups in total. The van der Waals surface area contributed by atoms with Crippen molar-refractivity contribution < 1.29 is 9.53 Å². The second-order valence-electron chi connectivity index (χ2n) is 3.50. The lowest BCUT2D eigenvalue weighted by atomic mass is 9.79. The van der Waals surface area contributed by atoms with Gasteiger partial charge in [-0.15, -0.1) is 0 Å². The van der Waals surface area contributed by atoms with Gasteiger partial charge in [0.2, 0.25) is 0 Å². The lowest BCUT2D eigenvalue weighted by Crippen LogP contribution is -2.41. The zero-order valence-corrected chi connectivity index (χ0v) is 8.39. The summed E-state index contributed by atoms with van der Waals surface area (Å²) in [4.78, 5) is 11.4. The Labute approximate surface area is 74.3 Å². The van der Waals surface area contributed by atoms with Crippen LogP contribution in [0, 0.1) is 11.3 Å². The van der Waals surface area contributed by atoms with E-state index in [-0.39, 0.29) is 11.9 Å². The molecule has 12 heavy (non-hydrogen) atoms. The van der Waals surface area contributed by atoms with Crippen molar-refractivity contribution in [2.45, 2.75) is 27.7 Å². The van der Waals surface area contributed by atoms with Crippen molar-refractivity contribution in [2.24, 2.45) is 17.1 Å². The summed E-state index contributed by atoms with van der Waals surface area (Å²) in [7, 11) is 0. The molecule has 0 aliphatic rings. The molecule has 3 heteroatoms. The Morgan fingerprint density at radius 2 is 2.08 bits per heavy atom. The second-order valence-corrected chi connectivity index (χ2v) is 3.50. The van der Waals surface area contributed by atoms with Crippen molar-refractivity contribution in [3.63, 3.8) is 0 Å². The predicted molar refractivity (Wildman–Crippen MR) is 48.6 cm³/mol. The zero-order chi connectivity index (χ0) is 9.78. The van der Waals surface area contributed by atoms with E-state index in [0.29, 0.717) is 13.2 Å². The Morgan fingerprint density at radius 1 is 1.58 bits per heavy atom. The van der Waals surface area contributed by atoms with E-state index >= 15 is 0 Å². The van der Waals surface area contributed by atoms with Crippen molar-refractivity contribution in [3.05, 3.63) is 0 Å². The van der Waals surface area contributed by atoms with Crippen LogP contribution in [0.1, 0.15) is 27.7 Å². The van der Waals surface area contributed by atoms with Gasteiger partial charge in [-0.3, -0.25) is 4.79 Å². The molecule has 3 nitrogen and oxygen atoms in total. The largest absolute Gasteiger partial charge is 0.466 e. The summed E-state index contributed by atoms with van der Waals surface area (Å²) < 4.78 is 4.94. The second kappa shape index (κ2) is 4.45. The van der Waals surface area contributed by atoms with Crippen LogP contribution in [0.2, 0.25) is 0 Å². The first kappa shape index (κ1) is 11.4. The summed E-state index contributed by atoms with van der Waals surface area (Å²) in [6, 6.07) is 0. The minimum absolute atomic E-state index is 0.192. The third-order valence-corrected chi connectivity index (χ3v) is 2.44. The van der Waals surface area contributed by atoms with Gasteiger partial charge < -0.3 is 10.5 Å². The summed E-state index contributed by atoms with van der Waals surface area (Å²) in [6.07, 6.45) is 0. The van der Waals surface area contributed by atoms with Gasteiger partial charge in [0, 0.05) is 6.54 Å². The molecule has 1 atom stereocenters. The van der Waals surface area contributed by atoms with Crippen LogP contribution in [-0.4, -0.2) is 19.1 Å². The van der Waals surface area contributed by atoms with E-state index in [4.69, 9.17) is 10.5 Å². The van der Waals surface area contributed by atoms with Crippen LogP contribution in [0.4, 0.5) is 0 Å². The smallest absolute Gasteiger partial charge is 0.313 e. The average molecular weight is 173 g/mol. The number of hydrogen-bond donors (Lipinski definition) is 1. The Bertz CT molecular complexity index is 157. The van der Waals surface area contributed by atoms with Crippen LogP contribution in [0.15, 0.2) is 0 Å². The third kappa shape index (κ3) is 2.21. The summed E-state index contributed by atoms with van der Waals surface area (Å²) in [6.45, 7) is 8.35. The molecule has 1 unspecified atom stereocenters. The quantitative estimate of drug-likeness (QED) is 0.649. The van der Waals surface area contributed by atoms with Crippen LogP contribution >= 0.6 is 0 Å². The van der Waals surface area contributed by atoms with E-state index in [0.717, 1.165) is 0 Å². The van der Waals surface area contributed by atoms with Gasteiger partial charge in [-0.2, -0.15) is 0 Å². The minimum atomic E-state index is -0.532. The summed E-state index contributed by atoms with van der Waals surface area (Å²) in [5.41, 5.74) is 5.01. The highest BCUT2D eigenvalue weighted by molar-refractivity contribution is 5.77.